The second-order valence-corrected chi connectivity index (χ2v) is 7.70. The first-order valence-corrected chi connectivity index (χ1v) is 10.1. The highest BCUT2D eigenvalue weighted by Crippen LogP contribution is 2.18. The molecule has 0 N–H and O–H groups in total. The molecule has 3 nitrogen and oxygen atoms in total. The van der Waals surface area contributed by atoms with E-state index in [9.17, 15) is 4.79 Å². The molecule has 23 heavy (non-hydrogen) atoms. The van der Waals surface area contributed by atoms with Crippen LogP contribution in [0.1, 0.15) is 18.4 Å². The average Bonchev–Trinajstić information content (AvgIpc) is 2.55. The van der Waals surface area contributed by atoms with Gasteiger partial charge in [-0.3, -0.25) is 4.79 Å². The van der Waals surface area contributed by atoms with E-state index in [1.807, 2.05) is 30.3 Å². The fraction of sp³-hybridized carbons (Fsp3) is 0.611. The van der Waals surface area contributed by atoms with E-state index in [0.29, 0.717) is 11.7 Å². The fourth-order valence-electron chi connectivity index (χ4n) is 3.16. The average molecular weight is 355 g/mol. The normalized spacial score (nSPS) is 18.8. The highest BCUT2D eigenvalue weighted by atomic mass is 35.5. The molecule has 1 heterocycles. The van der Waals surface area contributed by atoms with Crippen LogP contribution in [0.5, 0.6) is 0 Å². The summed E-state index contributed by atoms with van der Waals surface area (Å²) in [6, 6.07) is 8.14. The van der Waals surface area contributed by atoms with Crippen molar-refractivity contribution in [3.05, 3.63) is 34.9 Å². The van der Waals surface area contributed by atoms with Crippen LogP contribution in [0.3, 0.4) is 0 Å². The summed E-state index contributed by atoms with van der Waals surface area (Å²) in [5.41, 5.74) is 1.34. The lowest BCUT2D eigenvalue weighted by Crippen LogP contribution is -2.42. The van der Waals surface area contributed by atoms with Gasteiger partial charge in [-0.1, -0.05) is 23.7 Å². The number of nitrogens with zero attached hydrogens (tertiary/aromatic N) is 2. The maximum absolute atomic E-state index is 11.9. The van der Waals surface area contributed by atoms with E-state index >= 15 is 0 Å². The summed E-state index contributed by atoms with van der Waals surface area (Å²) in [7, 11) is 1.94. The van der Waals surface area contributed by atoms with E-state index in [2.05, 4.69) is 17.0 Å². The van der Waals surface area contributed by atoms with Gasteiger partial charge >= 0.3 is 0 Å². The van der Waals surface area contributed by atoms with E-state index in [-0.39, 0.29) is 5.91 Å². The van der Waals surface area contributed by atoms with Crippen LogP contribution in [0.25, 0.3) is 0 Å². The molecular formula is C18H27ClN2OS. The molecule has 1 aromatic carbocycles. The van der Waals surface area contributed by atoms with Gasteiger partial charge in [-0.05, 0) is 55.7 Å². The maximum atomic E-state index is 11.9. The van der Waals surface area contributed by atoms with Gasteiger partial charge in [0.05, 0.1) is 5.75 Å². The zero-order chi connectivity index (χ0) is 16.7. The van der Waals surface area contributed by atoms with E-state index in [4.69, 9.17) is 11.6 Å². The van der Waals surface area contributed by atoms with Crippen molar-refractivity contribution in [3.8, 4) is 0 Å². The molecule has 0 aromatic heterocycles. The lowest BCUT2D eigenvalue weighted by molar-refractivity contribution is -0.127. The number of rotatable bonds is 7. The van der Waals surface area contributed by atoms with E-state index in [0.717, 1.165) is 31.1 Å². The lowest BCUT2D eigenvalue weighted by atomic mass is 9.97. The Bertz CT molecular complexity index is 494. The third kappa shape index (κ3) is 6.36. The first kappa shape index (κ1) is 18.6. The Balaban J connectivity index is 1.76. The number of hydrogen-bond acceptors (Lipinski definition) is 3. The van der Waals surface area contributed by atoms with Crippen LogP contribution in [0, 0.1) is 5.92 Å². The van der Waals surface area contributed by atoms with Crippen LogP contribution in [0.15, 0.2) is 24.3 Å². The van der Waals surface area contributed by atoms with Crippen molar-refractivity contribution in [2.45, 2.75) is 19.3 Å². The molecule has 1 aromatic rings. The molecule has 128 valence electrons. The summed E-state index contributed by atoms with van der Waals surface area (Å²) < 4.78 is 0. The Morgan fingerprint density at radius 3 is 2.83 bits per heavy atom. The monoisotopic (exact) mass is 354 g/mol. The highest BCUT2D eigenvalue weighted by molar-refractivity contribution is 7.99. The third-order valence-corrected chi connectivity index (χ3v) is 5.25. The number of thioether (sulfide) groups is 1. The minimum absolute atomic E-state index is 0.246. The van der Waals surface area contributed by atoms with Crippen molar-refractivity contribution in [3.63, 3.8) is 0 Å². The third-order valence-electron chi connectivity index (χ3n) is 4.46. The number of halogens is 1. The van der Waals surface area contributed by atoms with Crippen LogP contribution in [0.4, 0.5) is 0 Å². The molecule has 1 amide bonds. The van der Waals surface area contributed by atoms with Gasteiger partial charge in [-0.25, -0.2) is 0 Å². The quantitative estimate of drug-likeness (QED) is 0.749. The molecule has 1 aliphatic heterocycles. The summed E-state index contributed by atoms with van der Waals surface area (Å²) >= 11 is 7.53. The van der Waals surface area contributed by atoms with E-state index in [1.165, 1.54) is 24.9 Å². The van der Waals surface area contributed by atoms with Gasteiger partial charge in [-0.15, -0.1) is 0 Å². The zero-order valence-electron chi connectivity index (χ0n) is 14.1. The number of amides is 1. The summed E-state index contributed by atoms with van der Waals surface area (Å²) in [6.45, 7) is 4.24. The standard InChI is InChI=1S/C18H27ClN2OS/c1-20(18(22)14-23-2)12-16-4-3-10-21(13-16)11-9-15-5-7-17(19)8-6-15/h5-8,16H,3-4,9-14H2,1-2H3/t16-/m0/s1. The van der Waals surface area contributed by atoms with Gasteiger partial charge in [0.2, 0.25) is 5.91 Å². The van der Waals surface area contributed by atoms with Gasteiger partial charge < -0.3 is 9.80 Å². The van der Waals surface area contributed by atoms with Crippen molar-refractivity contribution in [2.75, 3.05) is 45.2 Å². The van der Waals surface area contributed by atoms with Crippen molar-refractivity contribution < 1.29 is 4.79 Å². The van der Waals surface area contributed by atoms with Gasteiger partial charge in [0, 0.05) is 31.7 Å². The van der Waals surface area contributed by atoms with E-state index in [1.54, 1.807) is 11.8 Å². The summed E-state index contributed by atoms with van der Waals surface area (Å²) in [5, 5.41) is 0.796. The molecule has 2 rings (SSSR count). The molecule has 1 saturated heterocycles. The number of carbonyl (C=O) groups is 1. The Hall–Kier alpha value is -0.710. The highest BCUT2D eigenvalue weighted by Gasteiger charge is 2.22. The first-order valence-electron chi connectivity index (χ1n) is 8.28. The predicted octanol–water partition coefficient (Wildman–Crippen LogP) is 3.42. The SMILES string of the molecule is CSCC(=O)N(C)C[C@@H]1CCCN(CCc2ccc(Cl)cc2)C1. The number of benzene rings is 1. The largest absolute Gasteiger partial charge is 0.345 e. The van der Waals surface area contributed by atoms with Crippen LogP contribution >= 0.6 is 23.4 Å². The minimum Gasteiger partial charge on any atom is -0.345 e. The molecule has 0 radical (unpaired) electrons. The second kappa shape index (κ2) is 9.55. The summed E-state index contributed by atoms with van der Waals surface area (Å²) in [5.74, 6) is 1.43. The molecule has 1 aliphatic rings. The van der Waals surface area contributed by atoms with Crippen molar-refractivity contribution in [1.29, 1.82) is 0 Å². The van der Waals surface area contributed by atoms with Gasteiger partial charge in [-0.2, -0.15) is 11.8 Å². The van der Waals surface area contributed by atoms with Crippen LogP contribution in [-0.4, -0.2) is 60.9 Å². The zero-order valence-corrected chi connectivity index (χ0v) is 15.7. The van der Waals surface area contributed by atoms with Crippen molar-refractivity contribution >= 4 is 29.3 Å². The Labute approximate surface area is 149 Å². The molecule has 1 fully saturated rings. The number of likely N-dealkylation sites (tertiary alicyclic amines) is 1. The number of carbonyl (C=O) groups excluding carboxylic acids is 1. The molecule has 0 unspecified atom stereocenters. The number of hydrogen-bond donors (Lipinski definition) is 0. The maximum Gasteiger partial charge on any atom is 0.232 e. The first-order chi connectivity index (χ1) is 11.1. The Kier molecular flexibility index (Phi) is 7.74. The molecule has 1 atom stereocenters. The molecule has 0 bridgehead atoms. The molecule has 5 heteroatoms. The van der Waals surface area contributed by atoms with Crippen LogP contribution in [-0.2, 0) is 11.2 Å². The molecule has 0 aliphatic carbocycles. The van der Waals surface area contributed by atoms with Gasteiger partial charge in [0.25, 0.3) is 0 Å². The molecule has 0 saturated carbocycles. The van der Waals surface area contributed by atoms with Crippen LogP contribution < -0.4 is 0 Å². The van der Waals surface area contributed by atoms with Crippen molar-refractivity contribution in [2.24, 2.45) is 5.92 Å². The summed E-state index contributed by atoms with van der Waals surface area (Å²) in [6.07, 6.45) is 5.50. The van der Waals surface area contributed by atoms with Crippen LogP contribution in [0.2, 0.25) is 5.02 Å². The predicted molar refractivity (Wildman–Crippen MR) is 100 cm³/mol. The second-order valence-electron chi connectivity index (χ2n) is 6.39. The van der Waals surface area contributed by atoms with Gasteiger partial charge in [0.15, 0.2) is 0 Å². The molecular weight excluding hydrogens is 328 g/mol. The molecule has 0 spiro atoms. The smallest absolute Gasteiger partial charge is 0.232 e. The fourth-order valence-corrected chi connectivity index (χ4v) is 3.76. The Morgan fingerprint density at radius 1 is 1.39 bits per heavy atom. The Morgan fingerprint density at radius 2 is 2.13 bits per heavy atom. The lowest BCUT2D eigenvalue weighted by Gasteiger charge is -2.34. The van der Waals surface area contributed by atoms with E-state index < -0.39 is 0 Å². The number of piperidine rings is 1. The topological polar surface area (TPSA) is 23.6 Å². The van der Waals surface area contributed by atoms with Gasteiger partial charge in [0.1, 0.15) is 0 Å². The van der Waals surface area contributed by atoms with Crippen molar-refractivity contribution in [1.82, 2.24) is 9.80 Å². The minimum atomic E-state index is 0.246. The summed E-state index contributed by atoms with van der Waals surface area (Å²) in [4.78, 5) is 16.4.